The number of aromatic amines is 5. The average Bonchev–Trinajstić information content (AvgIpc) is 1.67. The quantitative estimate of drug-likeness (QED) is 0.00540. The third-order valence-corrected chi connectivity index (χ3v) is 23.9. The number of hydrogen-bond donors (Lipinski definition) is 10. The van der Waals surface area contributed by atoms with Crippen LogP contribution >= 0.6 is 47.4 Å². The zero-order valence-electron chi connectivity index (χ0n) is 90.7. The molecule has 0 spiro atoms. The number of rotatable bonds is 19. The van der Waals surface area contributed by atoms with E-state index in [2.05, 4.69) is 117 Å². The molecule has 3 fully saturated rings. The first-order valence-electron chi connectivity index (χ1n) is 44.4. The van der Waals surface area contributed by atoms with Crippen molar-refractivity contribution in [1.29, 1.82) is 10.5 Å². The van der Waals surface area contributed by atoms with Gasteiger partial charge in [-0.1, -0.05) is 61.0 Å². The first-order chi connectivity index (χ1) is 67.9. The minimum Gasteiger partial charge on any atom is -0.870 e. The summed E-state index contributed by atoms with van der Waals surface area (Å²) in [6.45, 7) is 40.4. The van der Waals surface area contributed by atoms with E-state index in [0.717, 1.165) is 154 Å². The van der Waals surface area contributed by atoms with Crippen LogP contribution in [0.5, 0.6) is 29.4 Å². The van der Waals surface area contributed by atoms with E-state index in [0.29, 0.717) is 95.4 Å². The second-order valence-electron chi connectivity index (χ2n) is 32.7. The van der Waals surface area contributed by atoms with Gasteiger partial charge in [-0.05, 0) is 251 Å². The SMILES string of the molecule is CCC(=O)OC.CO.COC(=O)C(C)C=O.COC(=O)c1cc(-c2[nH]nc(OC)c2C)c(C)cc1C.COC(=O)c1cc(B2OC(C)(C)C(C)(C)O2)c(C)cc1C.COC=O.COc1[nH]ncc1C.COc1n[nH]c(-c2cc(C(=O)N3CC(c4ccc(C#N)cc4)C3)c(C)cc2C)c1C.COc1n[nH]c(-c2cc(C(=O)O)c(C)cc2C)c1C.COc1n[nH]c(I)c1C.C[O-].Cl.Cl.N#Cc1ccc(C2CNC2)cc1.NN.[Na+].[Na+].[OH-]. The Hall–Kier alpha value is -11.6. The standard InChI is InChI=1S/C24H24N4O2.C16H23BO4.C15H18N2O3.C14H16N2O3.C10H10N2.C5H7IN2O.C5H8N2O.C5H8O3.C4H8O2.C2H4O2.CH4O.CH3O.2ClH.H4N2.2Na.H2O/c1-14-9-15(2)21(10-20(14)22-16(3)23(30-4)27-26-22)24(29)28-12-19(13-28)18-7-5-17(11-25)6-8-18;1-10-8-11(2)13(9-12(10)14(18)19-7)17-20-15(3,4)16(5,6)21-17;1-8-6-9(2)12(15(18)20-5)7-11(8)13-10(3)14(19-4)17-16-13;1-7-5-8(2)11(14(17)18)6-10(7)12-9(3)13(19-4)16-15-12;11-5-8-1-3-9(4-2-8)10-6-12-7-10;1-3-4(6)7-8-5(3)9-2;1-4-3-6-7-5(4)8-2;1-4(3-6)5(7)8-2;1-3-4(5)6-2;1-4-2-3;2*1-2;;;1-2;;;/h5-10,19H,12-13H2,1-4H3,(H,26,27);8-9H,1-7H3;6-7H,1-5H3,(H,16,17);5-6H,1-4H3,(H,15,16)(H,17,18);1-4,10,12H,6-7H2;1-2H3,(H,7,8);3H,1-2H3,(H,6,7);3-4H,1-2H3;3H2,1-2H3;2H,1H3;2H,1H3;1H3;2*1H;1-2H2;;;1H2/q;;;;;;;;;;;-1;;;;2*+1;/p-1. The van der Waals surface area contributed by atoms with Gasteiger partial charge < -0.3 is 92.5 Å². The number of halogens is 3. The minimum atomic E-state index is -0.928. The molecule has 0 saturated carbocycles. The number of aliphatic hydroxyl groups is 1. The van der Waals surface area contributed by atoms with E-state index < -0.39 is 36.2 Å². The van der Waals surface area contributed by atoms with Crippen molar-refractivity contribution in [2.45, 2.75) is 161 Å². The van der Waals surface area contributed by atoms with E-state index in [9.17, 15) is 38.7 Å². The number of aldehydes is 1. The molecule has 148 heavy (non-hydrogen) atoms. The van der Waals surface area contributed by atoms with Crippen LogP contribution in [0.2, 0.25) is 0 Å². The minimum absolute atomic E-state index is 0. The van der Waals surface area contributed by atoms with E-state index in [1.165, 1.54) is 53.6 Å². The Balaban J connectivity index is -0.000000804. The fraction of sp³-hybridized carbons (Fsp3) is 0.402. The van der Waals surface area contributed by atoms with Gasteiger partial charge in [0, 0.05) is 102 Å². The van der Waals surface area contributed by atoms with Gasteiger partial charge >= 0.3 is 96.1 Å². The number of esters is 4. The van der Waals surface area contributed by atoms with Crippen LogP contribution in [0.15, 0.2) is 103 Å². The molecule has 46 heteroatoms. The number of nitrogens with two attached hydrogens (primary N) is 2. The molecular formula is C102H140BCl2IN16Na2O24. The van der Waals surface area contributed by atoms with Crippen LogP contribution in [0.25, 0.3) is 33.8 Å². The zero-order chi connectivity index (χ0) is 109. The summed E-state index contributed by atoms with van der Waals surface area (Å²) < 4.78 is 60.5. The van der Waals surface area contributed by atoms with Crippen molar-refractivity contribution in [3.63, 3.8) is 0 Å². The number of carbonyl (C=O) groups is 8. The maximum absolute atomic E-state index is 13.2. The monoisotopic (exact) mass is 2230 g/mol. The number of aryl methyl sites for hydroxylation is 9. The number of amides is 1. The number of aromatic carboxylic acids is 1. The number of ether oxygens (including phenoxy) is 10. The average molecular weight is 2230 g/mol. The van der Waals surface area contributed by atoms with Gasteiger partial charge in [-0.3, -0.25) is 51.3 Å². The van der Waals surface area contributed by atoms with Crippen LogP contribution in [0.3, 0.4) is 0 Å². The summed E-state index contributed by atoms with van der Waals surface area (Å²) in [5, 5.41) is 79.6. The molecular weight excluding hydrogens is 2090 g/mol. The Morgan fingerprint density at radius 2 is 0.872 bits per heavy atom. The number of methoxy groups -OCH3 is 10. The summed E-state index contributed by atoms with van der Waals surface area (Å²) in [7, 11) is 15.9. The van der Waals surface area contributed by atoms with Crippen LogP contribution in [0.1, 0.15) is 196 Å². The molecule has 8 heterocycles. The number of likely N-dealkylation sites (tertiary alicyclic amines) is 1. The maximum atomic E-state index is 13.2. The number of carboxylic acid groups (broad SMARTS) is 1. The number of nitrogens with zero attached hydrogens (tertiary/aromatic N) is 8. The molecule has 0 bridgehead atoms. The molecule has 1 amide bonds. The van der Waals surface area contributed by atoms with E-state index in [1.54, 1.807) is 61.7 Å². The van der Waals surface area contributed by atoms with Crippen molar-refractivity contribution >= 4 is 108 Å². The summed E-state index contributed by atoms with van der Waals surface area (Å²) in [5.74, 6) is 9.20. The van der Waals surface area contributed by atoms with Gasteiger partial charge in [-0.15, -0.1) is 45.2 Å². The van der Waals surface area contributed by atoms with Gasteiger partial charge in [0.25, 0.3) is 12.4 Å². The Labute approximate surface area is 936 Å². The second-order valence-corrected chi connectivity index (χ2v) is 33.8. The van der Waals surface area contributed by atoms with Crippen molar-refractivity contribution in [2.75, 3.05) is 111 Å². The Bertz CT molecular complexity index is 6040. The van der Waals surface area contributed by atoms with Crippen molar-refractivity contribution in [2.24, 2.45) is 17.6 Å². The molecule has 6 aromatic carbocycles. The van der Waals surface area contributed by atoms with Crippen molar-refractivity contribution in [3.05, 3.63) is 224 Å². The summed E-state index contributed by atoms with van der Waals surface area (Å²) in [4.78, 5) is 89.0. The largest absolute Gasteiger partial charge is 1.00 e. The van der Waals surface area contributed by atoms with Gasteiger partial charge in [0.1, 0.15) is 15.9 Å². The summed E-state index contributed by atoms with van der Waals surface area (Å²) in [6.07, 6.45) is 2.74. The number of H-pyrrole nitrogens is 5. The van der Waals surface area contributed by atoms with Crippen molar-refractivity contribution in [3.8, 4) is 75.3 Å². The molecule has 0 aliphatic carbocycles. The first kappa shape index (κ1) is 143. The Morgan fingerprint density at radius 1 is 0.520 bits per heavy atom. The Morgan fingerprint density at radius 3 is 1.14 bits per heavy atom. The smallest absolute Gasteiger partial charge is 0.870 e. The summed E-state index contributed by atoms with van der Waals surface area (Å²) in [5.41, 5.74) is 23.8. The maximum Gasteiger partial charge on any atom is 1.00 e. The number of aliphatic hydroxyl groups excluding tert-OH is 1. The third-order valence-electron chi connectivity index (χ3n) is 22.8. The number of hydrazine groups is 1. The molecule has 3 aliphatic heterocycles. The molecule has 3 saturated heterocycles. The van der Waals surface area contributed by atoms with Gasteiger partial charge in [-0.2, -0.15) is 22.7 Å². The predicted octanol–water partition coefficient (Wildman–Crippen LogP) is 7.75. The van der Waals surface area contributed by atoms with Crippen LogP contribution in [0, 0.1) is 122 Å². The van der Waals surface area contributed by atoms with Gasteiger partial charge in [0.05, 0.1) is 146 Å². The fourth-order valence-corrected chi connectivity index (χ4v) is 14.2. The van der Waals surface area contributed by atoms with Crippen molar-refractivity contribution < 1.29 is 175 Å². The number of carbonyl (C=O) groups excluding carboxylic acids is 7. The summed E-state index contributed by atoms with van der Waals surface area (Å²) >= 11 is 2.17. The first-order valence-corrected chi connectivity index (χ1v) is 45.5. The van der Waals surface area contributed by atoms with Crippen LogP contribution < -0.4 is 110 Å². The number of nitrogens with one attached hydrogen (secondary N) is 6. The fourth-order valence-electron chi connectivity index (χ4n) is 13.8. The summed E-state index contributed by atoms with van der Waals surface area (Å²) in [6, 6.07) is 34.9. The topological polar surface area (TPSA) is 599 Å². The molecule has 40 nitrogen and oxygen atoms in total. The van der Waals surface area contributed by atoms with Gasteiger partial charge in [0.2, 0.25) is 29.4 Å². The van der Waals surface area contributed by atoms with Gasteiger partial charge in [-0.25, -0.2) is 19.5 Å². The zero-order valence-corrected chi connectivity index (χ0v) is 98.4. The van der Waals surface area contributed by atoms with Crippen LogP contribution in [-0.4, -0.2) is 250 Å². The molecule has 3 aliphatic rings. The normalized spacial score (nSPS) is 12.0. The Kier molecular flexibility index (Phi) is 69.3. The molecule has 0 radical (unpaired) electrons. The molecule has 1 atom stereocenters. The van der Waals surface area contributed by atoms with Crippen LogP contribution in [-0.2, 0) is 52.2 Å². The van der Waals surface area contributed by atoms with Gasteiger partial charge in [0.15, 0.2) is 0 Å². The molecule has 11 aromatic rings. The van der Waals surface area contributed by atoms with E-state index in [-0.39, 0.29) is 113 Å². The molecule has 1 unspecified atom stereocenters. The number of aromatic nitrogens is 10. The predicted molar refractivity (Wildman–Crippen MR) is 566 cm³/mol. The van der Waals surface area contributed by atoms with E-state index >= 15 is 0 Å². The second kappa shape index (κ2) is 71.9. The van der Waals surface area contributed by atoms with Crippen LogP contribution in [0.4, 0.5) is 0 Å². The molecule has 798 valence electrons. The third kappa shape index (κ3) is 40.7. The van der Waals surface area contributed by atoms with E-state index in [1.807, 2.05) is 207 Å². The van der Waals surface area contributed by atoms with Crippen molar-refractivity contribution in [1.82, 2.24) is 61.2 Å². The number of benzene rings is 6. The molecule has 13 N–H and O–H groups in total. The van der Waals surface area contributed by atoms with E-state index in [4.69, 9.17) is 68.0 Å². The number of nitriles is 2. The number of carboxylic acids is 1. The molecule has 14 rings (SSSR count). The molecule has 5 aromatic heterocycles. The number of hydrogen-bond acceptors (Lipinski definition) is 33.